The van der Waals surface area contributed by atoms with Crippen LogP contribution in [0, 0.1) is 11.8 Å². The number of rotatable bonds is 4. The highest BCUT2D eigenvalue weighted by atomic mass is 16.2. The molecule has 1 aliphatic heterocycles. The monoisotopic (exact) mass is 252 g/mol. The molecule has 0 aromatic heterocycles. The van der Waals surface area contributed by atoms with Crippen LogP contribution < -0.4 is 5.32 Å². The zero-order chi connectivity index (χ0) is 13.0. The Morgan fingerprint density at radius 3 is 2.72 bits per heavy atom. The van der Waals surface area contributed by atoms with Crippen molar-refractivity contribution in [3.05, 3.63) is 0 Å². The topological polar surface area (TPSA) is 32.3 Å². The predicted octanol–water partition coefficient (Wildman–Crippen LogP) is 2.41. The van der Waals surface area contributed by atoms with E-state index in [-0.39, 0.29) is 0 Å². The molecule has 1 heterocycles. The summed E-state index contributed by atoms with van der Waals surface area (Å²) in [5, 5.41) is 3.31. The lowest BCUT2D eigenvalue weighted by Crippen LogP contribution is -2.48. The fourth-order valence-corrected chi connectivity index (χ4v) is 3.35. The van der Waals surface area contributed by atoms with Crippen LogP contribution >= 0.6 is 0 Å². The molecule has 0 bridgehead atoms. The average Bonchev–Trinajstić information content (AvgIpc) is 2.43. The van der Waals surface area contributed by atoms with Gasteiger partial charge < -0.3 is 10.2 Å². The maximum Gasteiger partial charge on any atom is 0.236 e. The largest absolute Gasteiger partial charge is 0.341 e. The van der Waals surface area contributed by atoms with Crippen molar-refractivity contribution in [1.29, 1.82) is 0 Å². The quantitative estimate of drug-likeness (QED) is 0.833. The lowest BCUT2D eigenvalue weighted by Gasteiger charge is -2.41. The third-order valence-electron chi connectivity index (χ3n) is 4.86. The van der Waals surface area contributed by atoms with Crippen LogP contribution in [-0.2, 0) is 4.79 Å². The minimum Gasteiger partial charge on any atom is -0.341 e. The number of hydrogen-bond donors (Lipinski definition) is 1. The van der Waals surface area contributed by atoms with Gasteiger partial charge >= 0.3 is 0 Å². The maximum absolute atomic E-state index is 12.2. The number of hydrogen-bond acceptors (Lipinski definition) is 2. The molecule has 0 aromatic rings. The second-order valence-corrected chi connectivity index (χ2v) is 6.12. The fourth-order valence-electron chi connectivity index (χ4n) is 3.35. The van der Waals surface area contributed by atoms with Crippen molar-refractivity contribution in [1.82, 2.24) is 10.2 Å². The average molecular weight is 252 g/mol. The highest BCUT2D eigenvalue weighted by Gasteiger charge is 2.32. The number of amides is 1. The van der Waals surface area contributed by atoms with E-state index in [2.05, 4.69) is 24.1 Å². The number of fused-ring (bicyclic) bond motifs is 1. The molecule has 0 aromatic carbocycles. The SMILES string of the molecule is CCC(C)NCC(=O)N1CCC2CCCCC2C1. The van der Waals surface area contributed by atoms with Crippen molar-refractivity contribution in [3.8, 4) is 0 Å². The molecule has 1 aliphatic carbocycles. The Labute approximate surface area is 111 Å². The molecule has 0 radical (unpaired) electrons. The first-order chi connectivity index (χ1) is 8.70. The highest BCUT2D eigenvalue weighted by molar-refractivity contribution is 5.78. The van der Waals surface area contributed by atoms with Crippen LogP contribution in [0.5, 0.6) is 0 Å². The lowest BCUT2D eigenvalue weighted by molar-refractivity contribution is -0.133. The van der Waals surface area contributed by atoms with Crippen molar-refractivity contribution in [2.75, 3.05) is 19.6 Å². The lowest BCUT2D eigenvalue weighted by atomic mass is 9.75. The molecule has 0 spiro atoms. The van der Waals surface area contributed by atoms with Crippen LogP contribution in [0.3, 0.4) is 0 Å². The van der Waals surface area contributed by atoms with Crippen LogP contribution in [0.25, 0.3) is 0 Å². The first-order valence-electron chi connectivity index (χ1n) is 7.72. The van der Waals surface area contributed by atoms with Gasteiger partial charge in [-0.1, -0.05) is 26.2 Å². The van der Waals surface area contributed by atoms with Crippen LogP contribution in [0.15, 0.2) is 0 Å². The smallest absolute Gasteiger partial charge is 0.236 e. The number of nitrogens with one attached hydrogen (secondary N) is 1. The Balaban J connectivity index is 1.77. The molecule has 3 atom stereocenters. The van der Waals surface area contributed by atoms with Crippen LogP contribution in [0.4, 0.5) is 0 Å². The van der Waals surface area contributed by atoms with Crippen molar-refractivity contribution >= 4 is 5.91 Å². The Kier molecular flexibility index (Phi) is 5.04. The van der Waals surface area contributed by atoms with Crippen molar-refractivity contribution in [2.45, 2.75) is 58.4 Å². The first kappa shape index (κ1) is 13.9. The van der Waals surface area contributed by atoms with Gasteiger partial charge in [-0.2, -0.15) is 0 Å². The molecule has 1 saturated carbocycles. The van der Waals surface area contributed by atoms with E-state index >= 15 is 0 Å². The van der Waals surface area contributed by atoms with Gasteiger partial charge in [0.2, 0.25) is 5.91 Å². The van der Waals surface area contributed by atoms with E-state index in [1.807, 2.05) is 0 Å². The van der Waals surface area contributed by atoms with E-state index in [0.717, 1.165) is 31.3 Å². The minimum absolute atomic E-state index is 0.305. The van der Waals surface area contributed by atoms with Gasteiger partial charge in [0.15, 0.2) is 0 Å². The van der Waals surface area contributed by atoms with Crippen LogP contribution in [-0.4, -0.2) is 36.5 Å². The third kappa shape index (κ3) is 3.47. The van der Waals surface area contributed by atoms with Gasteiger partial charge in [0.05, 0.1) is 6.54 Å². The predicted molar refractivity (Wildman–Crippen MR) is 74.4 cm³/mol. The van der Waals surface area contributed by atoms with Crippen molar-refractivity contribution in [3.63, 3.8) is 0 Å². The van der Waals surface area contributed by atoms with Crippen molar-refractivity contribution < 1.29 is 4.79 Å². The maximum atomic E-state index is 12.2. The number of piperidine rings is 1. The second-order valence-electron chi connectivity index (χ2n) is 6.12. The molecular weight excluding hydrogens is 224 g/mol. The van der Waals surface area contributed by atoms with E-state index in [0.29, 0.717) is 18.5 Å². The van der Waals surface area contributed by atoms with Crippen LogP contribution in [0.1, 0.15) is 52.4 Å². The van der Waals surface area contributed by atoms with E-state index < -0.39 is 0 Å². The Morgan fingerprint density at radius 2 is 2.00 bits per heavy atom. The van der Waals surface area contributed by atoms with E-state index in [9.17, 15) is 4.79 Å². The summed E-state index contributed by atoms with van der Waals surface area (Å²) in [6.45, 7) is 6.82. The molecule has 3 nitrogen and oxygen atoms in total. The van der Waals surface area contributed by atoms with E-state index in [1.165, 1.54) is 32.1 Å². The van der Waals surface area contributed by atoms with Gasteiger partial charge in [0.1, 0.15) is 0 Å². The molecule has 1 saturated heterocycles. The Morgan fingerprint density at radius 1 is 1.28 bits per heavy atom. The number of likely N-dealkylation sites (tertiary alicyclic amines) is 1. The third-order valence-corrected chi connectivity index (χ3v) is 4.86. The summed E-state index contributed by atoms with van der Waals surface area (Å²) in [4.78, 5) is 14.3. The summed E-state index contributed by atoms with van der Waals surface area (Å²) in [5.74, 6) is 2.00. The minimum atomic E-state index is 0.305. The van der Waals surface area contributed by atoms with Gasteiger partial charge in [-0.3, -0.25) is 4.79 Å². The first-order valence-corrected chi connectivity index (χ1v) is 7.72. The van der Waals surface area contributed by atoms with Crippen LogP contribution in [0.2, 0.25) is 0 Å². The van der Waals surface area contributed by atoms with E-state index in [1.54, 1.807) is 0 Å². The fraction of sp³-hybridized carbons (Fsp3) is 0.933. The molecule has 3 heteroatoms. The summed E-state index contributed by atoms with van der Waals surface area (Å²) in [6.07, 6.45) is 7.84. The molecular formula is C15H28N2O. The molecule has 104 valence electrons. The summed E-state index contributed by atoms with van der Waals surface area (Å²) >= 11 is 0. The molecule has 1 N–H and O–H groups in total. The van der Waals surface area contributed by atoms with Gasteiger partial charge in [-0.25, -0.2) is 0 Å². The summed E-state index contributed by atoms with van der Waals surface area (Å²) < 4.78 is 0. The standard InChI is InChI=1S/C15H28N2O/c1-3-12(2)16-10-15(18)17-9-8-13-6-4-5-7-14(13)11-17/h12-14,16H,3-11H2,1-2H3. The van der Waals surface area contributed by atoms with Gasteiger partial charge in [-0.05, 0) is 38.0 Å². The number of carbonyl (C=O) groups is 1. The summed E-state index contributed by atoms with van der Waals surface area (Å²) in [6, 6.07) is 0.446. The molecule has 2 fully saturated rings. The molecule has 2 aliphatic rings. The van der Waals surface area contributed by atoms with E-state index in [4.69, 9.17) is 0 Å². The molecule has 3 unspecified atom stereocenters. The normalized spacial score (nSPS) is 29.8. The Hall–Kier alpha value is -0.570. The molecule has 1 amide bonds. The summed E-state index contributed by atoms with van der Waals surface area (Å²) in [7, 11) is 0. The second kappa shape index (κ2) is 6.55. The zero-order valence-electron chi connectivity index (χ0n) is 12.0. The van der Waals surface area contributed by atoms with Gasteiger partial charge in [0.25, 0.3) is 0 Å². The zero-order valence-corrected chi connectivity index (χ0v) is 12.0. The molecule has 2 rings (SSSR count). The molecule has 18 heavy (non-hydrogen) atoms. The Bertz CT molecular complexity index is 280. The van der Waals surface area contributed by atoms with Gasteiger partial charge in [-0.15, -0.1) is 0 Å². The highest BCUT2D eigenvalue weighted by Crippen LogP contribution is 2.35. The summed E-state index contributed by atoms with van der Waals surface area (Å²) in [5.41, 5.74) is 0. The van der Waals surface area contributed by atoms with Crippen molar-refractivity contribution in [2.24, 2.45) is 11.8 Å². The number of nitrogens with zero attached hydrogens (tertiary/aromatic N) is 1. The number of carbonyl (C=O) groups excluding carboxylic acids is 1. The van der Waals surface area contributed by atoms with Gasteiger partial charge in [0, 0.05) is 19.1 Å².